The quantitative estimate of drug-likeness (QED) is 0.632. The summed E-state index contributed by atoms with van der Waals surface area (Å²) in [6.45, 7) is 3.92. The molecule has 0 N–H and O–H groups in total. The fourth-order valence-corrected chi connectivity index (χ4v) is 4.13. The van der Waals surface area contributed by atoms with Crippen LogP contribution in [0.5, 0.6) is 0 Å². The van der Waals surface area contributed by atoms with Gasteiger partial charge in [0.25, 0.3) is 0 Å². The molecule has 1 atom stereocenters. The number of halogens is 1. The molecule has 4 heterocycles. The van der Waals surface area contributed by atoms with Gasteiger partial charge in [0.2, 0.25) is 17.6 Å². The third-order valence-corrected chi connectivity index (χ3v) is 6.03. The van der Waals surface area contributed by atoms with Gasteiger partial charge in [0.05, 0.1) is 18.8 Å². The highest BCUT2D eigenvalue weighted by Gasteiger charge is 2.30. The third kappa shape index (κ3) is 3.59. The van der Waals surface area contributed by atoms with Gasteiger partial charge in [-0.1, -0.05) is 34.1 Å². The summed E-state index contributed by atoms with van der Waals surface area (Å²) in [5, 5.41) is 13.4. The second-order valence-corrected chi connectivity index (χ2v) is 8.09. The first-order chi connectivity index (χ1) is 14.6. The molecule has 0 aliphatic carbocycles. The van der Waals surface area contributed by atoms with Crippen molar-refractivity contribution in [3.05, 3.63) is 46.4 Å². The lowest BCUT2D eigenvalue weighted by Crippen LogP contribution is -2.36. The van der Waals surface area contributed by atoms with Gasteiger partial charge in [0, 0.05) is 31.0 Å². The maximum atomic E-state index is 11.5. The standard InChI is InChI=1S/C20H21ClN6O3/c1-12(28)26-8-6-14(7-9-26)20-22-19(24-30-20)18-16-11-29-17(10-27(16)25-23-18)13-2-4-15(21)5-3-13/h2-5,14,17H,6-11H2,1H3. The van der Waals surface area contributed by atoms with Crippen molar-refractivity contribution in [3.63, 3.8) is 0 Å². The van der Waals surface area contributed by atoms with Crippen molar-refractivity contribution >= 4 is 17.5 Å². The van der Waals surface area contributed by atoms with Crippen LogP contribution in [0.2, 0.25) is 5.02 Å². The van der Waals surface area contributed by atoms with Gasteiger partial charge in [-0.2, -0.15) is 4.98 Å². The minimum Gasteiger partial charge on any atom is -0.365 e. The largest absolute Gasteiger partial charge is 0.365 e. The van der Waals surface area contributed by atoms with Crippen LogP contribution in [-0.2, 0) is 22.7 Å². The van der Waals surface area contributed by atoms with Crippen molar-refractivity contribution in [2.24, 2.45) is 0 Å². The Balaban J connectivity index is 1.31. The molecule has 1 fully saturated rings. The molecule has 2 aliphatic heterocycles. The lowest BCUT2D eigenvalue weighted by atomic mass is 9.97. The van der Waals surface area contributed by atoms with Crippen LogP contribution in [0.25, 0.3) is 11.5 Å². The van der Waals surface area contributed by atoms with Gasteiger partial charge < -0.3 is 14.2 Å². The summed E-state index contributed by atoms with van der Waals surface area (Å²) in [6, 6.07) is 7.62. The second kappa shape index (κ2) is 7.81. The van der Waals surface area contributed by atoms with Crippen molar-refractivity contribution in [3.8, 4) is 11.5 Å². The Morgan fingerprint density at radius 2 is 1.97 bits per heavy atom. The summed E-state index contributed by atoms with van der Waals surface area (Å²) in [5.41, 5.74) is 2.46. The average Bonchev–Trinajstić information content (AvgIpc) is 3.41. The van der Waals surface area contributed by atoms with E-state index in [1.807, 2.05) is 33.8 Å². The first-order valence-electron chi connectivity index (χ1n) is 9.97. The molecule has 30 heavy (non-hydrogen) atoms. The Morgan fingerprint density at radius 1 is 1.20 bits per heavy atom. The molecule has 3 aromatic rings. The van der Waals surface area contributed by atoms with Gasteiger partial charge in [-0.05, 0) is 30.5 Å². The van der Waals surface area contributed by atoms with Gasteiger partial charge in [0.1, 0.15) is 6.10 Å². The zero-order valence-corrected chi connectivity index (χ0v) is 17.2. The number of amides is 1. The fourth-order valence-electron chi connectivity index (χ4n) is 4.00. The van der Waals surface area contributed by atoms with Crippen LogP contribution in [0.4, 0.5) is 0 Å². The first-order valence-corrected chi connectivity index (χ1v) is 10.3. The van der Waals surface area contributed by atoms with Crippen molar-refractivity contribution in [2.45, 2.75) is 44.9 Å². The predicted molar refractivity (Wildman–Crippen MR) is 107 cm³/mol. The SMILES string of the molecule is CC(=O)N1CCC(c2nc(-c3nnn4c3COC(c3ccc(Cl)cc3)C4)no2)CC1. The van der Waals surface area contributed by atoms with E-state index in [2.05, 4.69) is 20.5 Å². The molecule has 0 saturated carbocycles. The maximum absolute atomic E-state index is 11.5. The van der Waals surface area contributed by atoms with Crippen LogP contribution in [0.15, 0.2) is 28.8 Å². The number of fused-ring (bicyclic) bond motifs is 1. The molecule has 2 aromatic heterocycles. The van der Waals surface area contributed by atoms with E-state index in [0.717, 1.165) is 24.1 Å². The summed E-state index contributed by atoms with van der Waals surface area (Å²) in [6.07, 6.45) is 1.51. The van der Waals surface area contributed by atoms with Crippen LogP contribution in [0, 0.1) is 0 Å². The van der Waals surface area contributed by atoms with E-state index < -0.39 is 0 Å². The van der Waals surface area contributed by atoms with Crippen LogP contribution in [0.3, 0.4) is 0 Å². The molecule has 0 bridgehead atoms. The minimum atomic E-state index is -0.114. The molecule has 1 amide bonds. The van der Waals surface area contributed by atoms with Crippen LogP contribution in [-0.4, -0.2) is 49.0 Å². The Morgan fingerprint density at radius 3 is 2.70 bits per heavy atom. The zero-order chi connectivity index (χ0) is 20.7. The maximum Gasteiger partial charge on any atom is 0.230 e. The number of ether oxygens (including phenoxy) is 1. The predicted octanol–water partition coefficient (Wildman–Crippen LogP) is 2.98. The number of hydrogen-bond donors (Lipinski definition) is 0. The van der Waals surface area contributed by atoms with E-state index in [4.69, 9.17) is 20.9 Å². The highest BCUT2D eigenvalue weighted by atomic mass is 35.5. The number of piperidine rings is 1. The summed E-state index contributed by atoms with van der Waals surface area (Å²) < 4.78 is 13.4. The van der Waals surface area contributed by atoms with Crippen molar-refractivity contribution < 1.29 is 14.1 Å². The number of hydrogen-bond acceptors (Lipinski definition) is 7. The Kier molecular flexibility index (Phi) is 5.00. The lowest BCUT2D eigenvalue weighted by Gasteiger charge is -2.29. The molecule has 0 radical (unpaired) electrons. The lowest BCUT2D eigenvalue weighted by molar-refractivity contribution is -0.129. The monoisotopic (exact) mass is 428 g/mol. The van der Waals surface area contributed by atoms with E-state index in [0.29, 0.717) is 48.7 Å². The zero-order valence-electron chi connectivity index (χ0n) is 16.5. The Bertz CT molecular complexity index is 1050. The Labute approximate surface area is 178 Å². The molecule has 2 aliphatic rings. The topological polar surface area (TPSA) is 99.2 Å². The summed E-state index contributed by atoms with van der Waals surface area (Å²) in [4.78, 5) is 17.9. The molecule has 1 unspecified atom stereocenters. The fraction of sp³-hybridized carbons (Fsp3) is 0.450. The molecule has 156 valence electrons. The molecule has 1 saturated heterocycles. The van der Waals surface area contributed by atoms with Crippen molar-refractivity contribution in [1.82, 2.24) is 30.0 Å². The van der Waals surface area contributed by atoms with Crippen LogP contribution < -0.4 is 0 Å². The molecule has 1 aromatic carbocycles. The summed E-state index contributed by atoms with van der Waals surface area (Å²) in [5.74, 6) is 1.27. The number of likely N-dealkylation sites (tertiary alicyclic amines) is 1. The molecular weight excluding hydrogens is 408 g/mol. The number of carbonyl (C=O) groups is 1. The van der Waals surface area contributed by atoms with E-state index >= 15 is 0 Å². The van der Waals surface area contributed by atoms with Gasteiger partial charge in [-0.15, -0.1) is 5.10 Å². The molecule has 5 rings (SSSR count). The van der Waals surface area contributed by atoms with E-state index in [-0.39, 0.29) is 17.9 Å². The van der Waals surface area contributed by atoms with E-state index in [9.17, 15) is 4.79 Å². The van der Waals surface area contributed by atoms with Crippen molar-refractivity contribution in [2.75, 3.05) is 13.1 Å². The van der Waals surface area contributed by atoms with Gasteiger partial charge >= 0.3 is 0 Å². The van der Waals surface area contributed by atoms with Gasteiger partial charge in [0.15, 0.2) is 5.69 Å². The molecule has 10 heteroatoms. The number of carbonyl (C=O) groups excluding carboxylic acids is 1. The number of rotatable bonds is 3. The first kappa shape index (κ1) is 19.2. The second-order valence-electron chi connectivity index (χ2n) is 7.65. The smallest absolute Gasteiger partial charge is 0.230 e. The summed E-state index contributed by atoms with van der Waals surface area (Å²) in [7, 11) is 0. The average molecular weight is 429 g/mol. The normalized spacial score (nSPS) is 19.7. The molecule has 0 spiro atoms. The highest BCUT2D eigenvalue weighted by molar-refractivity contribution is 6.30. The van der Waals surface area contributed by atoms with Crippen LogP contribution >= 0.6 is 11.6 Å². The number of aromatic nitrogens is 5. The van der Waals surface area contributed by atoms with Crippen molar-refractivity contribution in [1.29, 1.82) is 0 Å². The van der Waals surface area contributed by atoms with E-state index in [1.54, 1.807) is 6.92 Å². The van der Waals surface area contributed by atoms with E-state index in [1.165, 1.54) is 0 Å². The number of benzene rings is 1. The Hall–Kier alpha value is -2.78. The minimum absolute atomic E-state index is 0.104. The molecule has 9 nitrogen and oxygen atoms in total. The van der Waals surface area contributed by atoms with Gasteiger partial charge in [-0.3, -0.25) is 4.79 Å². The van der Waals surface area contributed by atoms with Gasteiger partial charge in [-0.25, -0.2) is 4.68 Å². The summed E-state index contributed by atoms with van der Waals surface area (Å²) >= 11 is 5.97. The highest BCUT2D eigenvalue weighted by Crippen LogP contribution is 2.32. The van der Waals surface area contributed by atoms with Crippen LogP contribution in [0.1, 0.15) is 48.9 Å². The third-order valence-electron chi connectivity index (χ3n) is 5.78. The molecular formula is C20H21ClN6O3. The number of nitrogens with zero attached hydrogens (tertiary/aromatic N) is 6.